The molecule has 2 aromatic carbocycles. The number of hydrogen-bond acceptors (Lipinski definition) is 3. The summed E-state index contributed by atoms with van der Waals surface area (Å²) in [6.45, 7) is 1.60. The number of amides is 1. The molecule has 2 rings (SSSR count). The van der Waals surface area contributed by atoms with Crippen molar-refractivity contribution in [1.29, 1.82) is 0 Å². The van der Waals surface area contributed by atoms with Crippen molar-refractivity contribution in [2.45, 2.75) is 19.4 Å². The van der Waals surface area contributed by atoms with Crippen LogP contribution in [0, 0.1) is 0 Å². The van der Waals surface area contributed by atoms with E-state index in [0.717, 1.165) is 0 Å². The van der Waals surface area contributed by atoms with Gasteiger partial charge < -0.3 is 15.2 Å². The number of halogens is 2. The van der Waals surface area contributed by atoms with Gasteiger partial charge >= 0.3 is 5.97 Å². The summed E-state index contributed by atoms with van der Waals surface area (Å²) in [4.78, 5) is 22.8. The predicted molar refractivity (Wildman–Crippen MR) is 93.0 cm³/mol. The van der Waals surface area contributed by atoms with Crippen LogP contribution >= 0.6 is 23.2 Å². The lowest BCUT2D eigenvalue weighted by Gasteiger charge is -2.16. The summed E-state index contributed by atoms with van der Waals surface area (Å²) in [6, 6.07) is 11.3. The molecule has 0 saturated heterocycles. The Morgan fingerprint density at radius 1 is 1.17 bits per heavy atom. The summed E-state index contributed by atoms with van der Waals surface area (Å²) in [6.07, 6.45) is -0.842. The minimum absolute atomic E-state index is 0.0667. The van der Waals surface area contributed by atoms with Crippen LogP contribution in [0.2, 0.25) is 10.0 Å². The minimum atomic E-state index is -0.909. The van der Waals surface area contributed by atoms with E-state index >= 15 is 0 Å². The molecule has 2 aromatic rings. The number of ether oxygens (including phenoxy) is 1. The monoisotopic (exact) mass is 367 g/mol. The van der Waals surface area contributed by atoms with Crippen LogP contribution in [0.3, 0.4) is 0 Å². The number of hydrogen-bond donors (Lipinski definition) is 2. The molecule has 2 N–H and O–H groups in total. The zero-order valence-electron chi connectivity index (χ0n) is 12.8. The molecule has 0 spiro atoms. The van der Waals surface area contributed by atoms with Gasteiger partial charge in [-0.1, -0.05) is 35.3 Å². The van der Waals surface area contributed by atoms with Crippen LogP contribution in [0.25, 0.3) is 0 Å². The van der Waals surface area contributed by atoms with Crippen LogP contribution in [-0.4, -0.2) is 23.1 Å². The van der Waals surface area contributed by atoms with Crippen LogP contribution in [0.15, 0.2) is 42.5 Å². The van der Waals surface area contributed by atoms with Gasteiger partial charge in [-0.2, -0.15) is 0 Å². The average molecular weight is 368 g/mol. The second-order valence-corrected chi connectivity index (χ2v) is 5.94. The normalized spacial score (nSPS) is 11.6. The molecule has 0 aromatic heterocycles. The lowest BCUT2D eigenvalue weighted by molar-refractivity contribution is -0.136. The largest absolute Gasteiger partial charge is 0.481 e. The van der Waals surface area contributed by atoms with E-state index in [-0.39, 0.29) is 12.3 Å². The number of carboxylic acids is 1. The maximum Gasteiger partial charge on any atom is 0.307 e. The van der Waals surface area contributed by atoms with Gasteiger partial charge in [0, 0.05) is 10.7 Å². The Morgan fingerprint density at radius 3 is 2.42 bits per heavy atom. The number of benzene rings is 2. The topological polar surface area (TPSA) is 75.6 Å². The van der Waals surface area contributed by atoms with E-state index in [2.05, 4.69) is 5.32 Å². The first kappa shape index (κ1) is 18.1. The Labute approximate surface area is 149 Å². The third-order valence-electron chi connectivity index (χ3n) is 3.14. The standard InChI is InChI=1S/C17H15Cl2NO4/c1-10(24-15-7-4-12(18)9-14(15)19)17(23)20-13-5-2-11(3-6-13)8-16(21)22/h2-7,9-10H,8H2,1H3,(H,20,23)(H,21,22). The van der Waals surface area contributed by atoms with Crippen molar-refractivity contribution < 1.29 is 19.4 Å². The van der Waals surface area contributed by atoms with Crippen LogP contribution in [0.4, 0.5) is 5.69 Å². The highest BCUT2D eigenvalue weighted by Crippen LogP contribution is 2.28. The van der Waals surface area contributed by atoms with Gasteiger partial charge in [0.05, 0.1) is 11.4 Å². The van der Waals surface area contributed by atoms with Crippen molar-refractivity contribution in [3.8, 4) is 5.75 Å². The van der Waals surface area contributed by atoms with Gasteiger partial charge in [0.15, 0.2) is 6.10 Å². The van der Waals surface area contributed by atoms with E-state index in [1.54, 1.807) is 43.3 Å². The van der Waals surface area contributed by atoms with Crippen molar-refractivity contribution in [1.82, 2.24) is 0 Å². The molecular formula is C17H15Cl2NO4. The van der Waals surface area contributed by atoms with Gasteiger partial charge in [-0.15, -0.1) is 0 Å². The molecule has 1 amide bonds. The lowest BCUT2D eigenvalue weighted by atomic mass is 10.1. The molecule has 0 saturated carbocycles. The number of carbonyl (C=O) groups is 2. The molecule has 0 aliphatic carbocycles. The van der Waals surface area contributed by atoms with E-state index in [1.165, 1.54) is 6.07 Å². The molecule has 0 aliphatic heterocycles. The fourth-order valence-corrected chi connectivity index (χ4v) is 2.39. The Kier molecular flexibility index (Phi) is 6.06. The molecule has 126 valence electrons. The summed E-state index contributed by atoms with van der Waals surface area (Å²) in [7, 11) is 0. The van der Waals surface area contributed by atoms with Crippen molar-refractivity contribution in [3.05, 3.63) is 58.1 Å². The fourth-order valence-electron chi connectivity index (χ4n) is 1.94. The molecule has 0 bridgehead atoms. The Hall–Kier alpha value is -2.24. The Bertz CT molecular complexity index is 747. The summed E-state index contributed by atoms with van der Waals surface area (Å²) in [5.41, 5.74) is 1.20. The molecule has 0 aliphatic rings. The van der Waals surface area contributed by atoms with E-state index in [1.807, 2.05) is 0 Å². The average Bonchev–Trinajstić information content (AvgIpc) is 2.51. The third kappa shape index (κ3) is 5.15. The summed E-state index contributed by atoms with van der Waals surface area (Å²) < 4.78 is 5.53. The maximum absolute atomic E-state index is 12.2. The van der Waals surface area contributed by atoms with E-state index in [4.69, 9.17) is 33.0 Å². The van der Waals surface area contributed by atoms with Crippen LogP contribution in [0.5, 0.6) is 5.75 Å². The summed E-state index contributed by atoms with van der Waals surface area (Å²) >= 11 is 11.8. The lowest BCUT2D eigenvalue weighted by Crippen LogP contribution is -2.30. The number of anilines is 1. The Morgan fingerprint density at radius 2 is 1.83 bits per heavy atom. The molecular weight excluding hydrogens is 353 g/mol. The van der Waals surface area contributed by atoms with Crippen LogP contribution in [0.1, 0.15) is 12.5 Å². The minimum Gasteiger partial charge on any atom is -0.481 e. The van der Waals surface area contributed by atoms with E-state index in [0.29, 0.717) is 27.0 Å². The van der Waals surface area contributed by atoms with E-state index < -0.39 is 12.1 Å². The van der Waals surface area contributed by atoms with Crippen molar-refractivity contribution in [3.63, 3.8) is 0 Å². The first-order chi connectivity index (χ1) is 11.3. The van der Waals surface area contributed by atoms with Gasteiger partial charge in [0.1, 0.15) is 5.75 Å². The predicted octanol–water partition coefficient (Wildman–Crippen LogP) is 4.03. The van der Waals surface area contributed by atoms with Gasteiger partial charge in [-0.25, -0.2) is 0 Å². The van der Waals surface area contributed by atoms with Crippen LogP contribution < -0.4 is 10.1 Å². The maximum atomic E-state index is 12.2. The second kappa shape index (κ2) is 8.04. The highest BCUT2D eigenvalue weighted by atomic mass is 35.5. The van der Waals surface area contributed by atoms with Gasteiger partial charge in [0.2, 0.25) is 0 Å². The molecule has 1 atom stereocenters. The van der Waals surface area contributed by atoms with E-state index in [9.17, 15) is 9.59 Å². The number of carboxylic acid groups (broad SMARTS) is 1. The highest BCUT2D eigenvalue weighted by Gasteiger charge is 2.16. The molecule has 0 radical (unpaired) electrons. The number of nitrogens with one attached hydrogen (secondary N) is 1. The molecule has 5 nitrogen and oxygen atoms in total. The van der Waals surface area contributed by atoms with Crippen molar-refractivity contribution in [2.24, 2.45) is 0 Å². The van der Waals surface area contributed by atoms with Gasteiger partial charge in [-0.3, -0.25) is 9.59 Å². The highest BCUT2D eigenvalue weighted by molar-refractivity contribution is 6.35. The first-order valence-corrected chi connectivity index (χ1v) is 7.84. The number of aliphatic carboxylic acids is 1. The molecule has 0 fully saturated rings. The molecule has 1 unspecified atom stereocenters. The number of carbonyl (C=O) groups excluding carboxylic acids is 1. The Balaban J connectivity index is 1.97. The fraction of sp³-hybridized carbons (Fsp3) is 0.176. The molecule has 7 heteroatoms. The smallest absolute Gasteiger partial charge is 0.307 e. The van der Waals surface area contributed by atoms with Crippen molar-refractivity contribution in [2.75, 3.05) is 5.32 Å². The SMILES string of the molecule is CC(Oc1ccc(Cl)cc1Cl)C(=O)Nc1ccc(CC(=O)O)cc1. The molecule has 24 heavy (non-hydrogen) atoms. The van der Waals surface area contributed by atoms with Crippen molar-refractivity contribution >= 4 is 40.8 Å². The van der Waals surface area contributed by atoms with Crippen LogP contribution in [-0.2, 0) is 16.0 Å². The zero-order chi connectivity index (χ0) is 17.7. The van der Waals surface area contributed by atoms with Gasteiger partial charge in [0.25, 0.3) is 5.91 Å². The van der Waals surface area contributed by atoms with Gasteiger partial charge in [-0.05, 0) is 42.8 Å². The number of rotatable bonds is 6. The second-order valence-electron chi connectivity index (χ2n) is 5.09. The first-order valence-electron chi connectivity index (χ1n) is 7.08. The summed E-state index contributed by atoms with van der Waals surface area (Å²) in [5.74, 6) is -0.902. The third-order valence-corrected chi connectivity index (χ3v) is 3.67. The zero-order valence-corrected chi connectivity index (χ0v) is 14.3. The summed E-state index contributed by atoms with van der Waals surface area (Å²) in [5, 5.41) is 12.2. The quantitative estimate of drug-likeness (QED) is 0.807. The molecule has 0 heterocycles.